The molecule has 1 amide bonds. The smallest absolute Gasteiger partial charge is 0.328 e. The molecule has 0 fully saturated rings. The van der Waals surface area contributed by atoms with Crippen LogP contribution < -0.4 is 10.6 Å². The average Bonchev–Trinajstić information content (AvgIpc) is 3.27. The van der Waals surface area contributed by atoms with Crippen molar-refractivity contribution >= 4 is 29.2 Å². The van der Waals surface area contributed by atoms with E-state index in [1.54, 1.807) is 26.1 Å². The Morgan fingerprint density at radius 1 is 1.21 bits per heavy atom. The van der Waals surface area contributed by atoms with E-state index in [0.717, 1.165) is 11.9 Å². The third-order valence-corrected chi connectivity index (χ3v) is 3.80. The number of amides is 1. The Kier molecular flexibility index (Phi) is 6.64. The monoisotopic (exact) mass is 387 g/mol. The molecule has 0 bridgehead atoms. The summed E-state index contributed by atoms with van der Waals surface area (Å²) >= 11 is 0. The molecule has 3 aromatic rings. The lowest BCUT2D eigenvalue weighted by atomic mass is 10.2. The van der Waals surface area contributed by atoms with Gasteiger partial charge in [0.25, 0.3) is 5.91 Å². The van der Waals surface area contributed by atoms with Gasteiger partial charge in [-0.25, -0.2) is 4.39 Å². The third-order valence-electron chi connectivity index (χ3n) is 3.80. The fraction of sp³-hybridized carbons (Fsp3) is 0.263. The quantitative estimate of drug-likeness (QED) is 0.640. The Bertz CT molecular complexity index is 980. The first kappa shape index (κ1) is 20.8. The number of rotatable bonds is 5. The van der Waals surface area contributed by atoms with Crippen LogP contribution in [-0.4, -0.2) is 26.4 Å². The second-order valence-corrected chi connectivity index (χ2v) is 5.72. The molecule has 0 saturated carbocycles. The first-order chi connectivity index (χ1) is 13.4. The Balaban J connectivity index is 0.00000136. The number of aryl methyl sites for hydroxylation is 1. The lowest BCUT2D eigenvalue weighted by Gasteiger charge is -2.12. The Morgan fingerprint density at radius 3 is 2.50 bits per heavy atom. The van der Waals surface area contributed by atoms with E-state index in [9.17, 15) is 14.0 Å². The maximum Gasteiger partial charge on any atom is 0.328 e. The van der Waals surface area contributed by atoms with E-state index in [0.29, 0.717) is 0 Å². The zero-order chi connectivity index (χ0) is 20.8. The number of Topliss-reactive ketones (excluding diaryl/α,β-unsaturated/α-hetero) is 1. The Labute approximate surface area is 161 Å². The number of aromatic nitrogens is 3. The van der Waals surface area contributed by atoms with Gasteiger partial charge in [0.2, 0.25) is 0 Å². The first-order valence-electron chi connectivity index (χ1n) is 8.68. The molecule has 148 valence electrons. The first-order valence-corrected chi connectivity index (χ1v) is 8.68. The van der Waals surface area contributed by atoms with Gasteiger partial charge in [0, 0.05) is 14.0 Å². The summed E-state index contributed by atoms with van der Waals surface area (Å²) in [5.41, 5.74) is 1.36. The summed E-state index contributed by atoms with van der Waals surface area (Å²) in [6, 6.07) is 6.00. The average molecular weight is 387 g/mol. The number of carbonyl (C=O) groups excluding carboxylic acids is 2. The van der Waals surface area contributed by atoms with Crippen molar-refractivity contribution < 1.29 is 18.5 Å². The van der Waals surface area contributed by atoms with E-state index in [1.165, 1.54) is 23.6 Å². The zero-order valence-electron chi connectivity index (χ0n) is 16.3. The molecule has 2 N–H and O–H groups in total. The fourth-order valence-electron chi connectivity index (χ4n) is 2.51. The molecule has 0 unspecified atom stereocenters. The minimum Gasteiger partial charge on any atom is -0.339 e. The van der Waals surface area contributed by atoms with Gasteiger partial charge < -0.3 is 14.4 Å². The molecular weight excluding hydrogens is 365 g/mol. The van der Waals surface area contributed by atoms with Crippen LogP contribution in [0.4, 0.5) is 21.9 Å². The van der Waals surface area contributed by atoms with Crippen molar-refractivity contribution in [2.45, 2.75) is 27.7 Å². The highest BCUT2D eigenvalue weighted by Crippen LogP contribution is 2.27. The van der Waals surface area contributed by atoms with Crippen LogP contribution in [0, 0.1) is 12.7 Å². The molecule has 0 saturated heterocycles. The highest BCUT2D eigenvalue weighted by Gasteiger charge is 2.22. The number of hydrogen-bond acceptors (Lipinski definition) is 6. The van der Waals surface area contributed by atoms with E-state index >= 15 is 0 Å². The standard InChI is InChI=1S/C17H16FN5O3.C2H6/c1-9-4-5-13(12(18)6-9)21-15-11(7-14(10(2)24)23(15)3)16(25)22-17-19-8-20-26-17;1-2/h4-8,21H,1-3H3,(H,19,20,22,25);1-2H3. The summed E-state index contributed by atoms with van der Waals surface area (Å²) in [4.78, 5) is 28.1. The van der Waals surface area contributed by atoms with Gasteiger partial charge in [-0.3, -0.25) is 14.9 Å². The van der Waals surface area contributed by atoms with Crippen molar-refractivity contribution in [3.63, 3.8) is 0 Å². The van der Waals surface area contributed by atoms with Crippen molar-refractivity contribution in [1.82, 2.24) is 14.7 Å². The van der Waals surface area contributed by atoms with Gasteiger partial charge in [0.15, 0.2) is 12.1 Å². The van der Waals surface area contributed by atoms with Gasteiger partial charge >= 0.3 is 6.01 Å². The number of nitrogens with one attached hydrogen (secondary N) is 2. The molecule has 28 heavy (non-hydrogen) atoms. The minimum atomic E-state index is -0.577. The van der Waals surface area contributed by atoms with Crippen LogP contribution in [0.1, 0.15) is 47.2 Å². The molecule has 0 aliphatic heterocycles. The maximum absolute atomic E-state index is 14.2. The van der Waals surface area contributed by atoms with E-state index in [-0.39, 0.29) is 34.6 Å². The Hall–Kier alpha value is -3.49. The number of halogens is 1. The van der Waals surface area contributed by atoms with Crippen LogP contribution in [0.5, 0.6) is 0 Å². The van der Waals surface area contributed by atoms with Gasteiger partial charge in [0.1, 0.15) is 11.6 Å². The van der Waals surface area contributed by atoms with Gasteiger partial charge in [-0.2, -0.15) is 4.98 Å². The number of nitrogens with zero attached hydrogens (tertiary/aromatic N) is 3. The molecule has 9 heteroatoms. The fourth-order valence-corrected chi connectivity index (χ4v) is 2.51. The van der Waals surface area contributed by atoms with Crippen LogP contribution in [0.2, 0.25) is 0 Å². The van der Waals surface area contributed by atoms with Gasteiger partial charge in [-0.05, 0) is 30.7 Å². The molecule has 0 aliphatic carbocycles. The largest absolute Gasteiger partial charge is 0.339 e. The topological polar surface area (TPSA) is 102 Å². The lowest BCUT2D eigenvalue weighted by Crippen LogP contribution is -2.14. The van der Waals surface area contributed by atoms with Crippen molar-refractivity contribution in [3.8, 4) is 0 Å². The Morgan fingerprint density at radius 2 is 1.93 bits per heavy atom. The van der Waals surface area contributed by atoms with Crippen LogP contribution in [0.25, 0.3) is 0 Å². The van der Waals surface area contributed by atoms with Crippen LogP contribution in [-0.2, 0) is 7.05 Å². The second-order valence-electron chi connectivity index (χ2n) is 5.72. The molecular formula is C19H22FN5O3. The predicted octanol–water partition coefficient (Wildman–Crippen LogP) is 4.08. The van der Waals surface area contributed by atoms with Crippen molar-refractivity contribution in [2.75, 3.05) is 10.6 Å². The van der Waals surface area contributed by atoms with E-state index < -0.39 is 11.7 Å². The summed E-state index contributed by atoms with van der Waals surface area (Å²) in [5, 5.41) is 8.71. The summed E-state index contributed by atoms with van der Waals surface area (Å²) in [5.74, 6) is -1.03. The van der Waals surface area contributed by atoms with Gasteiger partial charge in [-0.15, -0.1) is 0 Å². The molecule has 0 spiro atoms. The highest BCUT2D eigenvalue weighted by atomic mass is 19.1. The summed E-state index contributed by atoms with van der Waals surface area (Å²) in [6.07, 6.45) is 1.14. The molecule has 0 aliphatic rings. The maximum atomic E-state index is 14.2. The van der Waals surface area contributed by atoms with Crippen molar-refractivity contribution in [1.29, 1.82) is 0 Å². The normalized spacial score (nSPS) is 10.1. The molecule has 2 heterocycles. The van der Waals surface area contributed by atoms with Gasteiger partial charge in [-0.1, -0.05) is 25.1 Å². The highest BCUT2D eigenvalue weighted by molar-refractivity contribution is 6.09. The van der Waals surface area contributed by atoms with Crippen molar-refractivity contribution in [2.24, 2.45) is 7.05 Å². The molecule has 2 aromatic heterocycles. The second kappa shape index (κ2) is 8.94. The third kappa shape index (κ3) is 4.43. The van der Waals surface area contributed by atoms with E-state index in [4.69, 9.17) is 4.52 Å². The van der Waals surface area contributed by atoms with Crippen LogP contribution in [0.15, 0.2) is 35.1 Å². The SMILES string of the molecule is CC.CC(=O)c1cc(C(=O)Nc2ncno2)c(Nc2ccc(C)cc2F)n1C. The van der Waals surface area contributed by atoms with E-state index in [1.807, 2.05) is 13.8 Å². The number of benzene rings is 1. The summed E-state index contributed by atoms with van der Waals surface area (Å²) in [6.45, 7) is 7.15. The summed E-state index contributed by atoms with van der Waals surface area (Å²) < 4.78 is 20.4. The number of carbonyl (C=O) groups is 2. The lowest BCUT2D eigenvalue weighted by molar-refractivity contribution is 0.100. The number of anilines is 3. The van der Waals surface area contributed by atoms with Gasteiger partial charge in [0.05, 0.1) is 16.9 Å². The number of hydrogen-bond donors (Lipinski definition) is 2. The number of ketones is 1. The minimum absolute atomic E-state index is 0.0873. The molecule has 0 radical (unpaired) electrons. The zero-order valence-corrected chi connectivity index (χ0v) is 16.3. The predicted molar refractivity (Wildman–Crippen MR) is 103 cm³/mol. The van der Waals surface area contributed by atoms with Crippen molar-refractivity contribution in [3.05, 3.63) is 53.2 Å². The molecule has 0 atom stereocenters. The molecule has 8 nitrogen and oxygen atoms in total. The van der Waals surface area contributed by atoms with E-state index in [2.05, 4.69) is 20.8 Å². The summed E-state index contributed by atoms with van der Waals surface area (Å²) in [7, 11) is 1.61. The van der Waals surface area contributed by atoms with Crippen LogP contribution in [0.3, 0.4) is 0 Å². The molecule has 3 rings (SSSR count). The van der Waals surface area contributed by atoms with Crippen LogP contribution >= 0.6 is 0 Å². The molecule has 1 aromatic carbocycles.